The smallest absolute Gasteiger partial charge is 0.0540 e. The number of hydrogen-bond acceptors (Lipinski definition) is 1. The Bertz CT molecular complexity index is 3000. The summed E-state index contributed by atoms with van der Waals surface area (Å²) in [6.45, 7) is 13.3. The van der Waals surface area contributed by atoms with E-state index in [2.05, 4.69) is 245 Å². The average molecular weight is 772 g/mol. The number of anilines is 3. The van der Waals surface area contributed by atoms with Crippen molar-refractivity contribution in [3.63, 3.8) is 0 Å². The first-order valence-electron chi connectivity index (χ1n) is 20.6. The van der Waals surface area contributed by atoms with E-state index in [-0.39, 0.29) is 0 Å². The predicted molar refractivity (Wildman–Crippen MR) is 263 cm³/mol. The molecule has 0 aliphatic heterocycles. The van der Waals surface area contributed by atoms with E-state index in [0.29, 0.717) is 0 Å². The lowest BCUT2D eigenvalue weighted by atomic mass is 9.87. The average Bonchev–Trinajstić information content (AvgIpc) is 3.31. The van der Waals surface area contributed by atoms with Crippen LogP contribution in [0.3, 0.4) is 0 Å². The van der Waals surface area contributed by atoms with Gasteiger partial charge < -0.3 is 4.90 Å². The number of fused-ring (bicyclic) bond motifs is 5. The van der Waals surface area contributed by atoms with E-state index in [4.69, 9.17) is 0 Å². The monoisotopic (exact) mass is 771 g/mol. The highest BCUT2D eigenvalue weighted by Gasteiger charge is 2.18. The minimum absolute atomic E-state index is 1.14. The highest BCUT2D eigenvalue weighted by molar-refractivity contribution is 6.16. The van der Waals surface area contributed by atoms with Crippen LogP contribution in [0.2, 0.25) is 0 Å². The van der Waals surface area contributed by atoms with Gasteiger partial charge >= 0.3 is 0 Å². The molecule has 0 saturated carbocycles. The molecular weight excluding hydrogens is 723 g/mol. The Kier molecular flexibility index (Phi) is 11.8. The van der Waals surface area contributed by atoms with E-state index in [1.54, 1.807) is 12.2 Å². The van der Waals surface area contributed by atoms with Crippen molar-refractivity contribution in [3.05, 3.63) is 248 Å². The lowest BCUT2D eigenvalue weighted by Gasteiger charge is -2.28. The van der Waals surface area contributed by atoms with Crippen LogP contribution in [-0.4, -0.2) is 0 Å². The quantitative estimate of drug-likeness (QED) is 0.120. The normalized spacial score (nSPS) is 10.7. The zero-order chi connectivity index (χ0) is 41.4. The molecule has 0 fully saturated rings. The molecule has 0 atom stereocenters. The molecule has 0 radical (unpaired) electrons. The Labute approximate surface area is 354 Å². The SMILES string of the molecule is C=CC=C.Cc1ccc(-c2ccc(N(c3cccc4ccccc34)c3cccc4ccccc34)cc2)cc1.Cc1ccccc1-c1c(C)c2ccccc2c2ccccc12. The second-order valence-corrected chi connectivity index (χ2v) is 15.1. The van der Waals surface area contributed by atoms with Crippen molar-refractivity contribution in [3.8, 4) is 22.3 Å². The predicted octanol–water partition coefficient (Wildman–Crippen LogP) is 17.1. The van der Waals surface area contributed by atoms with Crippen LogP contribution in [0, 0.1) is 20.8 Å². The fourth-order valence-corrected chi connectivity index (χ4v) is 8.28. The van der Waals surface area contributed by atoms with Crippen LogP contribution in [0.15, 0.2) is 232 Å². The molecule has 290 valence electrons. The number of nitrogens with zero attached hydrogens (tertiary/aromatic N) is 1. The largest absolute Gasteiger partial charge is 0.309 e. The third-order valence-electron chi connectivity index (χ3n) is 11.3. The molecule has 0 saturated heterocycles. The molecular formula is C59H49N. The molecule has 0 N–H and O–H groups in total. The van der Waals surface area contributed by atoms with Crippen molar-refractivity contribution in [2.24, 2.45) is 0 Å². The van der Waals surface area contributed by atoms with Crippen molar-refractivity contribution < 1.29 is 0 Å². The Balaban J connectivity index is 0.000000165. The zero-order valence-electron chi connectivity index (χ0n) is 34.6. The maximum absolute atomic E-state index is 3.36. The van der Waals surface area contributed by atoms with E-state index in [1.165, 1.54) is 93.4 Å². The Morgan fingerprint density at radius 1 is 0.367 bits per heavy atom. The van der Waals surface area contributed by atoms with Gasteiger partial charge in [0.05, 0.1) is 11.4 Å². The molecule has 10 rings (SSSR count). The molecule has 0 bridgehead atoms. The molecule has 10 aromatic rings. The number of aryl methyl sites for hydroxylation is 3. The van der Waals surface area contributed by atoms with Crippen molar-refractivity contribution in [1.82, 2.24) is 0 Å². The van der Waals surface area contributed by atoms with Crippen LogP contribution >= 0.6 is 0 Å². The highest BCUT2D eigenvalue weighted by atomic mass is 15.1. The third kappa shape index (κ3) is 7.99. The van der Waals surface area contributed by atoms with Crippen LogP contribution in [0.25, 0.3) is 65.3 Å². The van der Waals surface area contributed by atoms with Gasteiger partial charge in [-0.1, -0.05) is 213 Å². The van der Waals surface area contributed by atoms with E-state index >= 15 is 0 Å². The van der Waals surface area contributed by atoms with Gasteiger partial charge in [-0.3, -0.25) is 0 Å². The zero-order valence-corrected chi connectivity index (χ0v) is 34.6. The fourth-order valence-electron chi connectivity index (χ4n) is 8.28. The molecule has 0 aliphatic rings. The van der Waals surface area contributed by atoms with E-state index in [1.807, 2.05) is 0 Å². The van der Waals surface area contributed by atoms with Crippen LogP contribution in [-0.2, 0) is 0 Å². The van der Waals surface area contributed by atoms with E-state index in [9.17, 15) is 0 Å². The Morgan fingerprint density at radius 2 is 0.783 bits per heavy atom. The summed E-state index contributed by atoms with van der Waals surface area (Å²) in [5.74, 6) is 0. The van der Waals surface area contributed by atoms with Crippen molar-refractivity contribution in [2.75, 3.05) is 4.90 Å². The minimum Gasteiger partial charge on any atom is -0.309 e. The first kappa shape index (κ1) is 39.4. The number of hydrogen-bond donors (Lipinski definition) is 0. The van der Waals surface area contributed by atoms with Gasteiger partial charge in [-0.25, -0.2) is 0 Å². The van der Waals surface area contributed by atoms with Crippen LogP contribution in [0.5, 0.6) is 0 Å². The second-order valence-electron chi connectivity index (χ2n) is 15.1. The van der Waals surface area contributed by atoms with Gasteiger partial charge in [0.1, 0.15) is 0 Å². The highest BCUT2D eigenvalue weighted by Crippen LogP contribution is 2.43. The molecule has 10 aromatic carbocycles. The summed E-state index contributed by atoms with van der Waals surface area (Å²) >= 11 is 0. The van der Waals surface area contributed by atoms with Gasteiger partial charge in [-0.05, 0) is 111 Å². The standard InChI is InChI=1S/C33H25N.C22H18.C4H6/c1-24-16-18-25(19-17-24)26-20-22-29(23-21-26)34(32-14-6-10-27-8-2-4-12-30(27)32)33-15-7-11-28-9-3-5-13-31(28)33;1-15-9-3-4-10-17(15)22-16(2)18-11-5-6-12-19(18)20-13-7-8-14-21(20)22;1-3-4-2/h2-23H,1H3;3-14H,1-2H3;3-4H,1-2H2. The fraction of sp³-hybridized carbons (Fsp3) is 0.0508. The summed E-state index contributed by atoms with van der Waals surface area (Å²) in [6, 6.07) is 74.1. The summed E-state index contributed by atoms with van der Waals surface area (Å²) in [5, 5.41) is 10.3. The number of rotatable bonds is 6. The summed E-state index contributed by atoms with van der Waals surface area (Å²) in [5.41, 5.74) is 12.6. The van der Waals surface area contributed by atoms with Gasteiger partial charge in [0.25, 0.3) is 0 Å². The maximum atomic E-state index is 3.36. The van der Waals surface area contributed by atoms with E-state index < -0.39 is 0 Å². The molecule has 1 nitrogen and oxygen atoms in total. The molecule has 0 heterocycles. The van der Waals surface area contributed by atoms with Gasteiger partial charge in [-0.2, -0.15) is 0 Å². The molecule has 60 heavy (non-hydrogen) atoms. The lowest BCUT2D eigenvalue weighted by molar-refractivity contribution is 1.31. The first-order valence-corrected chi connectivity index (χ1v) is 20.6. The molecule has 0 amide bonds. The van der Waals surface area contributed by atoms with Crippen molar-refractivity contribution >= 4 is 60.2 Å². The first-order chi connectivity index (χ1) is 29.5. The molecule has 1 heteroatoms. The van der Waals surface area contributed by atoms with Gasteiger partial charge in [0, 0.05) is 16.5 Å². The van der Waals surface area contributed by atoms with Gasteiger partial charge in [0.15, 0.2) is 0 Å². The molecule has 0 aliphatic carbocycles. The van der Waals surface area contributed by atoms with Crippen molar-refractivity contribution in [2.45, 2.75) is 20.8 Å². The third-order valence-corrected chi connectivity index (χ3v) is 11.3. The van der Waals surface area contributed by atoms with E-state index in [0.717, 1.165) is 5.69 Å². The molecule has 0 unspecified atom stereocenters. The van der Waals surface area contributed by atoms with Gasteiger partial charge in [0.2, 0.25) is 0 Å². The summed E-state index contributed by atoms with van der Waals surface area (Å²) < 4.78 is 0. The topological polar surface area (TPSA) is 3.24 Å². The van der Waals surface area contributed by atoms with Crippen molar-refractivity contribution in [1.29, 1.82) is 0 Å². The Hall–Kier alpha value is -7.48. The van der Waals surface area contributed by atoms with Crippen LogP contribution < -0.4 is 4.90 Å². The van der Waals surface area contributed by atoms with Crippen LogP contribution in [0.1, 0.15) is 16.7 Å². The number of allylic oxidation sites excluding steroid dienone is 2. The van der Waals surface area contributed by atoms with Crippen LogP contribution in [0.4, 0.5) is 17.1 Å². The molecule has 0 aromatic heterocycles. The summed E-state index contributed by atoms with van der Waals surface area (Å²) in [4.78, 5) is 2.39. The summed E-state index contributed by atoms with van der Waals surface area (Å²) in [7, 11) is 0. The number of benzene rings is 10. The Morgan fingerprint density at radius 3 is 1.32 bits per heavy atom. The van der Waals surface area contributed by atoms with Gasteiger partial charge in [-0.15, -0.1) is 0 Å². The minimum atomic E-state index is 1.14. The maximum Gasteiger partial charge on any atom is 0.0540 e. The second kappa shape index (κ2) is 18.0. The summed E-state index contributed by atoms with van der Waals surface area (Å²) in [6.07, 6.45) is 3.28. The lowest BCUT2D eigenvalue weighted by Crippen LogP contribution is -2.11. The molecule has 0 spiro atoms.